The fraction of sp³-hybridized carbons (Fsp3) is 0.412. The van der Waals surface area contributed by atoms with E-state index < -0.39 is 17.2 Å². The molecule has 5 nitrogen and oxygen atoms in total. The Bertz CT molecular complexity index is 854. The molecule has 0 bridgehead atoms. The van der Waals surface area contributed by atoms with Crippen LogP contribution < -0.4 is 5.56 Å². The lowest BCUT2D eigenvalue weighted by atomic mass is 9.61. The number of amides is 1. The lowest BCUT2D eigenvalue weighted by Crippen LogP contribution is -2.38. The third kappa shape index (κ3) is 2.26. The van der Waals surface area contributed by atoms with Gasteiger partial charge < -0.3 is 9.42 Å². The first-order chi connectivity index (χ1) is 11.5. The molecule has 1 aromatic carbocycles. The highest BCUT2D eigenvalue weighted by Crippen LogP contribution is 2.56. The molecule has 126 valence electrons. The van der Waals surface area contributed by atoms with Crippen LogP contribution in [0.4, 0.5) is 8.78 Å². The van der Waals surface area contributed by atoms with Gasteiger partial charge in [0.15, 0.2) is 0 Å². The van der Waals surface area contributed by atoms with E-state index in [9.17, 15) is 18.4 Å². The number of benzene rings is 1. The molecule has 0 radical (unpaired) electrons. The monoisotopic (exact) mass is 334 g/mol. The molecule has 7 heteroatoms. The van der Waals surface area contributed by atoms with Crippen LogP contribution >= 0.6 is 0 Å². The van der Waals surface area contributed by atoms with Crippen molar-refractivity contribution in [2.45, 2.75) is 25.2 Å². The van der Waals surface area contributed by atoms with Gasteiger partial charge in [0, 0.05) is 25.1 Å². The van der Waals surface area contributed by atoms with Crippen molar-refractivity contribution in [1.82, 2.24) is 10.1 Å². The first-order valence-corrected chi connectivity index (χ1v) is 7.91. The predicted octanol–water partition coefficient (Wildman–Crippen LogP) is 2.66. The largest absolute Gasteiger partial charge is 0.373 e. The molecule has 1 atom stereocenters. The highest BCUT2D eigenvalue weighted by molar-refractivity contribution is 5.91. The molecule has 2 aromatic rings. The summed E-state index contributed by atoms with van der Waals surface area (Å²) in [6.45, 7) is 0.818. The molecule has 1 saturated heterocycles. The summed E-state index contributed by atoms with van der Waals surface area (Å²) in [7, 11) is 0. The van der Waals surface area contributed by atoms with Gasteiger partial charge in [-0.05, 0) is 29.9 Å². The number of carbonyl (C=O) groups excluding carboxylic acids is 1. The standard InChI is InChI=1S/C17H16F2N2O3/c18-10-2-3-11(13(19)6-10)12-8-21(9-17(12)4-1-5-17)16(23)14-7-15(22)20-24-14/h2-3,6-7,12H,1,4-5,8-9H2,(H,20,22). The van der Waals surface area contributed by atoms with E-state index in [4.69, 9.17) is 4.52 Å². The average molecular weight is 334 g/mol. The lowest BCUT2D eigenvalue weighted by Gasteiger charge is -2.43. The Morgan fingerprint density at radius 1 is 1.29 bits per heavy atom. The number of H-pyrrole nitrogens is 1. The minimum Gasteiger partial charge on any atom is -0.373 e. The van der Waals surface area contributed by atoms with E-state index in [0.717, 1.165) is 31.4 Å². The Hall–Kier alpha value is -2.44. The molecule has 2 aliphatic rings. The van der Waals surface area contributed by atoms with Crippen molar-refractivity contribution in [2.24, 2.45) is 5.41 Å². The summed E-state index contributed by atoms with van der Waals surface area (Å²) in [5.41, 5.74) is -0.204. The summed E-state index contributed by atoms with van der Waals surface area (Å²) in [4.78, 5) is 25.3. The summed E-state index contributed by atoms with van der Waals surface area (Å²) < 4.78 is 32.3. The van der Waals surface area contributed by atoms with Crippen LogP contribution in [0.15, 0.2) is 33.6 Å². The van der Waals surface area contributed by atoms with Crippen LogP contribution in [0, 0.1) is 17.0 Å². The topological polar surface area (TPSA) is 66.3 Å². The molecule has 1 saturated carbocycles. The second kappa shape index (κ2) is 5.29. The molecule has 1 amide bonds. The summed E-state index contributed by atoms with van der Waals surface area (Å²) in [5.74, 6) is -1.80. The zero-order valence-electron chi connectivity index (χ0n) is 12.9. The SMILES string of the molecule is O=C(c1cc(=O)[nH]o1)N1CC(c2ccc(F)cc2F)C2(CCC2)C1. The van der Waals surface area contributed by atoms with Gasteiger partial charge in [0.2, 0.25) is 5.76 Å². The first kappa shape index (κ1) is 15.1. The van der Waals surface area contributed by atoms with Crippen molar-refractivity contribution in [3.63, 3.8) is 0 Å². The molecule has 1 unspecified atom stereocenters. The van der Waals surface area contributed by atoms with Gasteiger partial charge in [-0.25, -0.2) is 8.78 Å². The maximum Gasteiger partial charge on any atom is 0.292 e. The summed E-state index contributed by atoms with van der Waals surface area (Å²) in [6.07, 6.45) is 2.82. The van der Waals surface area contributed by atoms with Gasteiger partial charge in [-0.3, -0.25) is 9.59 Å². The predicted molar refractivity (Wildman–Crippen MR) is 80.6 cm³/mol. The Morgan fingerprint density at radius 3 is 2.67 bits per heavy atom. The van der Waals surface area contributed by atoms with E-state index in [-0.39, 0.29) is 23.0 Å². The minimum absolute atomic E-state index is 0.0466. The number of aromatic nitrogens is 1. The van der Waals surface area contributed by atoms with E-state index in [1.807, 2.05) is 0 Å². The fourth-order valence-electron chi connectivity index (χ4n) is 4.02. The van der Waals surface area contributed by atoms with Gasteiger partial charge in [-0.15, -0.1) is 0 Å². The molecule has 2 fully saturated rings. The van der Waals surface area contributed by atoms with Gasteiger partial charge in [-0.2, -0.15) is 5.16 Å². The number of carbonyl (C=O) groups is 1. The van der Waals surface area contributed by atoms with Crippen LogP contribution in [-0.4, -0.2) is 29.1 Å². The van der Waals surface area contributed by atoms with Crippen LogP contribution in [0.3, 0.4) is 0 Å². The lowest BCUT2D eigenvalue weighted by molar-refractivity contribution is 0.0686. The summed E-state index contributed by atoms with van der Waals surface area (Å²) in [6, 6.07) is 4.72. The molecule has 4 rings (SSSR count). The van der Waals surface area contributed by atoms with Crippen molar-refractivity contribution in [3.8, 4) is 0 Å². The van der Waals surface area contributed by atoms with Crippen molar-refractivity contribution in [2.75, 3.05) is 13.1 Å². The third-order valence-electron chi connectivity index (χ3n) is 5.36. The molecule has 2 heterocycles. The van der Waals surface area contributed by atoms with Gasteiger partial charge in [-0.1, -0.05) is 12.5 Å². The van der Waals surface area contributed by atoms with Crippen LogP contribution in [-0.2, 0) is 0 Å². The summed E-state index contributed by atoms with van der Waals surface area (Å²) >= 11 is 0. The number of aromatic amines is 1. The van der Waals surface area contributed by atoms with Gasteiger partial charge in [0.25, 0.3) is 11.5 Å². The Kier molecular flexibility index (Phi) is 3.33. The van der Waals surface area contributed by atoms with Crippen LogP contribution in [0.2, 0.25) is 0 Å². The van der Waals surface area contributed by atoms with Crippen molar-refractivity contribution >= 4 is 5.91 Å². The first-order valence-electron chi connectivity index (χ1n) is 7.91. The Morgan fingerprint density at radius 2 is 2.08 bits per heavy atom. The number of rotatable bonds is 2. The zero-order chi connectivity index (χ0) is 16.9. The van der Waals surface area contributed by atoms with E-state index in [1.165, 1.54) is 12.1 Å². The Labute approximate surface area is 136 Å². The molecule has 1 N–H and O–H groups in total. The van der Waals surface area contributed by atoms with E-state index in [1.54, 1.807) is 4.90 Å². The quantitative estimate of drug-likeness (QED) is 0.918. The number of likely N-dealkylation sites (tertiary alicyclic amines) is 1. The summed E-state index contributed by atoms with van der Waals surface area (Å²) in [5, 5.41) is 2.10. The second-order valence-corrected chi connectivity index (χ2v) is 6.70. The van der Waals surface area contributed by atoms with Crippen molar-refractivity contribution < 1.29 is 18.1 Å². The van der Waals surface area contributed by atoms with Crippen LogP contribution in [0.1, 0.15) is 41.3 Å². The van der Waals surface area contributed by atoms with Gasteiger partial charge in [0.05, 0.1) is 6.07 Å². The minimum atomic E-state index is -0.612. The van der Waals surface area contributed by atoms with Crippen molar-refractivity contribution in [1.29, 1.82) is 0 Å². The smallest absolute Gasteiger partial charge is 0.292 e. The number of nitrogens with zero attached hydrogens (tertiary/aromatic N) is 1. The maximum atomic E-state index is 14.3. The van der Waals surface area contributed by atoms with Gasteiger partial charge in [0.1, 0.15) is 11.6 Å². The molecular weight excluding hydrogens is 318 g/mol. The highest BCUT2D eigenvalue weighted by atomic mass is 19.1. The average Bonchev–Trinajstić information content (AvgIpc) is 3.10. The zero-order valence-corrected chi connectivity index (χ0v) is 12.9. The number of hydrogen-bond acceptors (Lipinski definition) is 3. The second-order valence-electron chi connectivity index (χ2n) is 6.70. The van der Waals surface area contributed by atoms with Crippen LogP contribution in [0.25, 0.3) is 0 Å². The van der Waals surface area contributed by atoms with Crippen LogP contribution in [0.5, 0.6) is 0 Å². The number of hydrogen-bond donors (Lipinski definition) is 1. The third-order valence-corrected chi connectivity index (χ3v) is 5.36. The molecular formula is C17H16F2N2O3. The molecule has 1 aliphatic carbocycles. The van der Waals surface area contributed by atoms with E-state index in [2.05, 4.69) is 5.16 Å². The molecule has 1 aliphatic heterocycles. The maximum absolute atomic E-state index is 14.3. The highest BCUT2D eigenvalue weighted by Gasteiger charge is 2.52. The number of halogens is 2. The molecule has 1 spiro atoms. The van der Waals surface area contributed by atoms with E-state index >= 15 is 0 Å². The molecule has 1 aromatic heterocycles. The van der Waals surface area contributed by atoms with Gasteiger partial charge >= 0.3 is 0 Å². The fourth-order valence-corrected chi connectivity index (χ4v) is 4.02. The van der Waals surface area contributed by atoms with E-state index in [0.29, 0.717) is 18.7 Å². The Balaban J connectivity index is 1.65. The normalized spacial score (nSPS) is 21.9. The van der Waals surface area contributed by atoms with Crippen molar-refractivity contribution in [3.05, 3.63) is 57.6 Å². The molecule has 24 heavy (non-hydrogen) atoms. The number of nitrogens with one attached hydrogen (secondary N) is 1.